The zero-order valence-corrected chi connectivity index (χ0v) is 62.8. The predicted octanol–water partition coefficient (Wildman–Crippen LogP) is 26.2. The molecule has 0 radical (unpaired) electrons. The summed E-state index contributed by atoms with van der Waals surface area (Å²) >= 11 is 0. The van der Waals surface area contributed by atoms with Crippen LogP contribution < -0.4 is 0 Å². The molecule has 2 unspecified atom stereocenters. The van der Waals surface area contributed by atoms with Gasteiger partial charge in [-0.3, -0.25) is 18.6 Å². The van der Waals surface area contributed by atoms with Gasteiger partial charge in [0.2, 0.25) is 0 Å². The van der Waals surface area contributed by atoms with E-state index in [1.807, 2.05) is 21.1 Å². The number of rotatable bonds is 72. The van der Waals surface area contributed by atoms with E-state index in [2.05, 4.69) is 135 Å². The van der Waals surface area contributed by atoms with Gasteiger partial charge in [0.1, 0.15) is 19.8 Å². The molecule has 0 amide bonds. The number of quaternary nitrogens is 1. The van der Waals surface area contributed by atoms with Crippen molar-refractivity contribution in [3.8, 4) is 0 Å². The number of phosphoric ester groups is 1. The van der Waals surface area contributed by atoms with Gasteiger partial charge in [0.25, 0.3) is 0 Å². The highest BCUT2D eigenvalue weighted by atomic mass is 31.2. The average Bonchev–Trinajstić information content (AvgIpc) is 1.57. The topological polar surface area (TPSA) is 108 Å². The van der Waals surface area contributed by atoms with Crippen molar-refractivity contribution in [3.63, 3.8) is 0 Å². The van der Waals surface area contributed by atoms with Crippen LogP contribution in [0.3, 0.4) is 0 Å². The summed E-state index contributed by atoms with van der Waals surface area (Å²) in [6, 6.07) is 0. The Labute approximate surface area is 581 Å². The van der Waals surface area contributed by atoms with Crippen LogP contribution >= 0.6 is 7.82 Å². The van der Waals surface area contributed by atoms with E-state index in [9.17, 15) is 19.0 Å². The van der Waals surface area contributed by atoms with E-state index in [1.165, 1.54) is 218 Å². The van der Waals surface area contributed by atoms with Gasteiger partial charge in [0.05, 0.1) is 27.7 Å². The van der Waals surface area contributed by atoms with Crippen LogP contribution in [-0.4, -0.2) is 74.9 Å². The molecule has 0 bridgehead atoms. The largest absolute Gasteiger partial charge is 0.472 e. The van der Waals surface area contributed by atoms with Crippen molar-refractivity contribution in [2.45, 2.75) is 354 Å². The average molecular weight is 1330 g/mol. The van der Waals surface area contributed by atoms with Crippen molar-refractivity contribution in [1.82, 2.24) is 0 Å². The van der Waals surface area contributed by atoms with E-state index in [0.29, 0.717) is 17.4 Å². The van der Waals surface area contributed by atoms with E-state index >= 15 is 0 Å². The van der Waals surface area contributed by atoms with E-state index in [1.54, 1.807) is 0 Å². The van der Waals surface area contributed by atoms with E-state index in [0.717, 1.165) is 96.3 Å². The minimum absolute atomic E-state index is 0.0304. The lowest BCUT2D eigenvalue weighted by Crippen LogP contribution is -2.37. The first-order chi connectivity index (χ1) is 46.0. The Bertz CT molecular complexity index is 2010. The van der Waals surface area contributed by atoms with Gasteiger partial charge >= 0.3 is 19.8 Å². The van der Waals surface area contributed by atoms with E-state index in [4.69, 9.17) is 18.5 Å². The van der Waals surface area contributed by atoms with Gasteiger partial charge in [0, 0.05) is 12.8 Å². The molecule has 9 nitrogen and oxygen atoms in total. The molecule has 94 heavy (non-hydrogen) atoms. The fourth-order valence-corrected chi connectivity index (χ4v) is 11.8. The summed E-state index contributed by atoms with van der Waals surface area (Å²) in [5.74, 6) is -0.784. The standard InChI is InChI=1S/C84H148NO8P/c1-6-8-10-12-14-16-18-20-22-24-26-28-30-32-34-36-37-38-39-40-41-42-43-44-45-46-47-49-51-53-55-57-59-61-63-65-67-69-71-73-75-77-84(87)93-82(81-92-94(88,89)91-79-78-85(3,4)5)80-90-83(86)76-74-72-70-68-66-64-62-60-58-56-54-52-50-48-35-33-31-29-27-25-23-21-19-17-15-13-11-9-7-2/h8-11,14-17,20-23,26-29,32,34,37-38,82H,6-7,12-13,18-19,24-25,30-31,33,35-36,39-81H2,1-5H3/p+1/b10-8-,11-9-,16-14-,17-15-,22-20-,23-21-,28-26-,29-27-,34-32-,38-37-. The molecule has 0 saturated carbocycles. The molecular weight excluding hydrogens is 1180 g/mol. The third kappa shape index (κ3) is 77.4. The molecular formula is C84H149NO8P+. The molecule has 542 valence electrons. The molecule has 1 N–H and O–H groups in total. The van der Waals surface area contributed by atoms with Crippen LogP contribution in [0.4, 0.5) is 0 Å². The molecule has 0 heterocycles. The molecule has 2 atom stereocenters. The number of esters is 2. The molecule has 0 saturated heterocycles. The Morgan fingerprint density at radius 2 is 0.574 bits per heavy atom. The number of phosphoric acid groups is 1. The summed E-state index contributed by atoms with van der Waals surface area (Å²) in [5, 5.41) is 0. The number of hydrogen-bond donors (Lipinski definition) is 1. The third-order valence-corrected chi connectivity index (χ3v) is 18.0. The minimum Gasteiger partial charge on any atom is -0.462 e. The molecule has 0 rings (SSSR count). The monoisotopic (exact) mass is 1330 g/mol. The van der Waals surface area contributed by atoms with Gasteiger partial charge < -0.3 is 18.9 Å². The maximum atomic E-state index is 12.9. The Hall–Kier alpha value is -3.59. The molecule has 0 aliphatic rings. The van der Waals surface area contributed by atoms with Gasteiger partial charge in [-0.05, 0) is 103 Å². The van der Waals surface area contributed by atoms with Crippen LogP contribution in [0.15, 0.2) is 122 Å². The number of likely N-dealkylation sites (N-methyl/N-ethyl adjacent to an activating group) is 1. The van der Waals surface area contributed by atoms with Crippen molar-refractivity contribution >= 4 is 19.8 Å². The van der Waals surface area contributed by atoms with E-state index < -0.39 is 26.5 Å². The van der Waals surface area contributed by atoms with Crippen LogP contribution in [-0.2, 0) is 32.7 Å². The molecule has 10 heteroatoms. The highest BCUT2D eigenvalue weighted by Gasteiger charge is 2.27. The van der Waals surface area contributed by atoms with Gasteiger partial charge in [0.15, 0.2) is 6.10 Å². The lowest BCUT2D eigenvalue weighted by Gasteiger charge is -2.24. The lowest BCUT2D eigenvalue weighted by atomic mass is 10.0. The first-order valence-corrected chi connectivity index (χ1v) is 40.8. The summed E-state index contributed by atoms with van der Waals surface area (Å²) in [6.07, 6.45) is 106. The normalized spacial score (nSPS) is 13.7. The summed E-state index contributed by atoms with van der Waals surface area (Å²) in [7, 11) is 1.49. The van der Waals surface area contributed by atoms with Gasteiger partial charge in [-0.15, -0.1) is 0 Å². The lowest BCUT2D eigenvalue weighted by molar-refractivity contribution is -0.870. The summed E-state index contributed by atoms with van der Waals surface area (Å²) in [6.45, 7) is 4.25. The second-order valence-electron chi connectivity index (χ2n) is 27.3. The van der Waals surface area contributed by atoms with Gasteiger partial charge in [-0.25, -0.2) is 4.57 Å². The second-order valence-corrected chi connectivity index (χ2v) is 28.8. The number of allylic oxidation sites excluding steroid dienone is 20. The summed E-state index contributed by atoms with van der Waals surface area (Å²) in [4.78, 5) is 36.0. The number of carbonyl (C=O) groups is 2. The highest BCUT2D eigenvalue weighted by Crippen LogP contribution is 2.43. The predicted molar refractivity (Wildman–Crippen MR) is 408 cm³/mol. The Morgan fingerprint density at radius 3 is 0.851 bits per heavy atom. The Balaban J connectivity index is 3.94. The van der Waals surface area contributed by atoms with E-state index in [-0.39, 0.29) is 32.0 Å². The zero-order chi connectivity index (χ0) is 68.3. The molecule has 0 aromatic carbocycles. The van der Waals surface area contributed by atoms with Crippen LogP contribution in [0.2, 0.25) is 0 Å². The van der Waals surface area contributed by atoms with Crippen molar-refractivity contribution in [3.05, 3.63) is 122 Å². The van der Waals surface area contributed by atoms with Gasteiger partial charge in [-0.2, -0.15) is 0 Å². The first kappa shape index (κ1) is 90.4. The number of nitrogens with zero attached hydrogens (tertiary/aromatic N) is 1. The Morgan fingerprint density at radius 1 is 0.330 bits per heavy atom. The number of unbranched alkanes of at least 4 members (excludes halogenated alkanes) is 38. The van der Waals surface area contributed by atoms with Crippen molar-refractivity contribution in [2.75, 3.05) is 47.5 Å². The molecule has 0 aromatic rings. The van der Waals surface area contributed by atoms with Crippen molar-refractivity contribution in [1.29, 1.82) is 0 Å². The minimum atomic E-state index is -4.40. The maximum Gasteiger partial charge on any atom is 0.472 e. The third-order valence-electron chi connectivity index (χ3n) is 17.0. The molecule has 0 aliphatic heterocycles. The van der Waals surface area contributed by atoms with Crippen molar-refractivity contribution < 1.29 is 42.1 Å². The number of ether oxygens (including phenoxy) is 2. The SMILES string of the molecule is CC/C=C\C/C=C\C/C=C\C/C=C\C/C=C\C/C=C\CCCCCCCCCCCCCCCCCCCCCCCCC(=O)OC(COC(=O)CCCCCCCCCCCCCCCCCC/C=C\C/C=C\C/C=C\C/C=C\CC)COP(=O)(O)OCC[N+](C)(C)C. The zero-order valence-electron chi connectivity index (χ0n) is 61.9. The second kappa shape index (κ2) is 73.7. The molecule has 0 aromatic heterocycles. The Kier molecular flexibility index (Phi) is 70.8. The molecule has 0 fully saturated rings. The van der Waals surface area contributed by atoms with Crippen LogP contribution in [0, 0.1) is 0 Å². The van der Waals surface area contributed by atoms with Crippen LogP contribution in [0.5, 0.6) is 0 Å². The van der Waals surface area contributed by atoms with Crippen LogP contribution in [0.25, 0.3) is 0 Å². The number of hydrogen-bond acceptors (Lipinski definition) is 7. The highest BCUT2D eigenvalue weighted by molar-refractivity contribution is 7.47. The summed E-state index contributed by atoms with van der Waals surface area (Å²) in [5.41, 5.74) is 0. The first-order valence-electron chi connectivity index (χ1n) is 39.3. The maximum absolute atomic E-state index is 12.9. The fraction of sp³-hybridized carbons (Fsp3) is 0.738. The molecule has 0 spiro atoms. The quantitative estimate of drug-likeness (QED) is 0.0211. The smallest absolute Gasteiger partial charge is 0.462 e. The fourth-order valence-electron chi connectivity index (χ4n) is 11.1. The number of carbonyl (C=O) groups excluding carboxylic acids is 2. The van der Waals surface area contributed by atoms with Gasteiger partial charge in [-0.1, -0.05) is 354 Å². The van der Waals surface area contributed by atoms with Crippen molar-refractivity contribution in [2.24, 2.45) is 0 Å². The van der Waals surface area contributed by atoms with Crippen LogP contribution in [0.1, 0.15) is 348 Å². The summed E-state index contributed by atoms with van der Waals surface area (Å²) < 4.78 is 34.8. The molecule has 0 aliphatic carbocycles.